The summed E-state index contributed by atoms with van der Waals surface area (Å²) < 4.78 is 0.671. The van der Waals surface area contributed by atoms with Gasteiger partial charge in [0.15, 0.2) is 0 Å². The fraction of sp³-hybridized carbons (Fsp3) is 0.222. The SMILES string of the molecule is CC(C)Cc1ccc(C(=O)NNC(=O)c2ccccc2Br)cc1. The molecule has 0 aliphatic heterocycles. The van der Waals surface area contributed by atoms with Crippen LogP contribution in [0.3, 0.4) is 0 Å². The van der Waals surface area contributed by atoms with Gasteiger partial charge in [0.25, 0.3) is 11.8 Å². The van der Waals surface area contributed by atoms with E-state index in [0.717, 1.165) is 6.42 Å². The Bertz CT molecular complexity index is 696. The normalized spacial score (nSPS) is 10.4. The summed E-state index contributed by atoms with van der Waals surface area (Å²) in [5.74, 6) is -0.151. The zero-order valence-corrected chi connectivity index (χ0v) is 14.7. The van der Waals surface area contributed by atoms with E-state index in [-0.39, 0.29) is 11.8 Å². The number of hydrogen-bond acceptors (Lipinski definition) is 2. The molecule has 0 spiro atoms. The van der Waals surface area contributed by atoms with Crippen LogP contribution >= 0.6 is 15.9 Å². The van der Waals surface area contributed by atoms with Gasteiger partial charge in [-0.15, -0.1) is 0 Å². The summed E-state index contributed by atoms with van der Waals surface area (Å²) in [7, 11) is 0. The zero-order valence-electron chi connectivity index (χ0n) is 13.1. The van der Waals surface area contributed by atoms with Crippen LogP contribution in [0.25, 0.3) is 0 Å². The number of halogens is 1. The minimum absolute atomic E-state index is 0.346. The third-order valence-corrected chi connectivity index (χ3v) is 3.96. The Morgan fingerprint density at radius 1 is 0.957 bits per heavy atom. The summed E-state index contributed by atoms with van der Waals surface area (Å²) in [6.45, 7) is 4.30. The average molecular weight is 375 g/mol. The zero-order chi connectivity index (χ0) is 16.8. The number of carbonyl (C=O) groups is 2. The fourth-order valence-electron chi connectivity index (χ4n) is 2.16. The maximum Gasteiger partial charge on any atom is 0.270 e. The van der Waals surface area contributed by atoms with E-state index in [4.69, 9.17) is 0 Å². The molecule has 120 valence electrons. The number of benzene rings is 2. The standard InChI is InChI=1S/C18H19BrN2O2/c1-12(2)11-13-7-9-14(10-8-13)17(22)20-21-18(23)15-5-3-4-6-16(15)19/h3-10,12H,11H2,1-2H3,(H,20,22)(H,21,23). The van der Waals surface area contributed by atoms with E-state index in [9.17, 15) is 9.59 Å². The second-order valence-corrected chi connectivity index (χ2v) is 6.54. The summed E-state index contributed by atoms with van der Waals surface area (Å²) in [6, 6.07) is 14.4. The van der Waals surface area contributed by atoms with E-state index in [0.29, 0.717) is 21.5 Å². The van der Waals surface area contributed by atoms with Gasteiger partial charge < -0.3 is 0 Å². The third kappa shape index (κ3) is 4.93. The third-order valence-electron chi connectivity index (χ3n) is 3.27. The minimum atomic E-state index is -0.373. The molecule has 0 radical (unpaired) electrons. The summed E-state index contributed by atoms with van der Waals surface area (Å²) in [6.07, 6.45) is 0.973. The molecular formula is C18H19BrN2O2. The van der Waals surface area contributed by atoms with Gasteiger partial charge in [0.2, 0.25) is 0 Å². The molecule has 2 rings (SSSR count). The molecule has 0 saturated carbocycles. The maximum absolute atomic E-state index is 12.1. The Morgan fingerprint density at radius 2 is 1.57 bits per heavy atom. The molecule has 0 saturated heterocycles. The van der Waals surface area contributed by atoms with E-state index in [1.165, 1.54) is 5.56 Å². The number of amides is 2. The highest BCUT2D eigenvalue weighted by Crippen LogP contribution is 2.15. The summed E-state index contributed by atoms with van der Waals surface area (Å²) in [4.78, 5) is 24.1. The molecule has 0 bridgehead atoms. The quantitative estimate of drug-likeness (QED) is 0.801. The summed E-state index contributed by atoms with van der Waals surface area (Å²) >= 11 is 3.30. The van der Waals surface area contributed by atoms with Crippen LogP contribution in [-0.4, -0.2) is 11.8 Å². The van der Waals surface area contributed by atoms with Crippen LogP contribution in [0, 0.1) is 5.92 Å². The second-order valence-electron chi connectivity index (χ2n) is 5.68. The molecule has 0 aliphatic rings. The second kappa shape index (κ2) is 7.92. The Hall–Kier alpha value is -2.14. The van der Waals surface area contributed by atoms with Crippen molar-refractivity contribution in [3.8, 4) is 0 Å². The highest BCUT2D eigenvalue weighted by atomic mass is 79.9. The predicted molar refractivity (Wildman–Crippen MR) is 94.1 cm³/mol. The van der Waals surface area contributed by atoms with E-state index < -0.39 is 0 Å². The lowest BCUT2D eigenvalue weighted by molar-refractivity contribution is 0.0846. The average Bonchev–Trinajstić information content (AvgIpc) is 2.53. The van der Waals surface area contributed by atoms with Crippen molar-refractivity contribution in [3.63, 3.8) is 0 Å². The molecule has 0 heterocycles. The van der Waals surface area contributed by atoms with Crippen molar-refractivity contribution in [2.45, 2.75) is 20.3 Å². The number of hydrogen-bond donors (Lipinski definition) is 2. The predicted octanol–water partition coefficient (Wildman–Crippen LogP) is 3.72. The van der Waals surface area contributed by atoms with Crippen molar-refractivity contribution in [2.24, 2.45) is 5.92 Å². The van der Waals surface area contributed by atoms with Crippen molar-refractivity contribution in [3.05, 3.63) is 69.7 Å². The Kier molecular flexibility index (Phi) is 5.93. The molecule has 0 aromatic heterocycles. The van der Waals surface area contributed by atoms with Gasteiger partial charge in [-0.25, -0.2) is 0 Å². The van der Waals surface area contributed by atoms with Gasteiger partial charge in [0, 0.05) is 10.0 Å². The molecule has 5 heteroatoms. The van der Waals surface area contributed by atoms with Crippen LogP contribution in [0.5, 0.6) is 0 Å². The van der Waals surface area contributed by atoms with Gasteiger partial charge >= 0.3 is 0 Å². The largest absolute Gasteiger partial charge is 0.270 e. The molecule has 0 atom stereocenters. The number of carbonyl (C=O) groups excluding carboxylic acids is 2. The van der Waals surface area contributed by atoms with E-state index in [1.807, 2.05) is 18.2 Å². The van der Waals surface area contributed by atoms with Crippen LogP contribution in [-0.2, 0) is 6.42 Å². The van der Waals surface area contributed by atoms with Gasteiger partial charge in [0.1, 0.15) is 0 Å². The van der Waals surface area contributed by atoms with Crippen LogP contribution in [0.4, 0.5) is 0 Å². The highest BCUT2D eigenvalue weighted by molar-refractivity contribution is 9.10. The van der Waals surface area contributed by atoms with Gasteiger partial charge in [-0.2, -0.15) is 0 Å². The van der Waals surface area contributed by atoms with Gasteiger partial charge in [0.05, 0.1) is 5.56 Å². The van der Waals surface area contributed by atoms with Gasteiger partial charge in [-0.1, -0.05) is 38.1 Å². The van der Waals surface area contributed by atoms with Crippen LogP contribution in [0.15, 0.2) is 53.0 Å². The lowest BCUT2D eigenvalue weighted by Gasteiger charge is -2.09. The lowest BCUT2D eigenvalue weighted by Crippen LogP contribution is -2.41. The first-order valence-electron chi connectivity index (χ1n) is 7.41. The Balaban J connectivity index is 1.94. The monoisotopic (exact) mass is 374 g/mol. The molecule has 2 amide bonds. The summed E-state index contributed by atoms with van der Waals surface area (Å²) in [5.41, 5.74) is 6.99. The number of hydrazine groups is 1. The molecule has 2 aromatic rings. The number of rotatable bonds is 4. The lowest BCUT2D eigenvalue weighted by atomic mass is 10.0. The Morgan fingerprint density at radius 3 is 2.17 bits per heavy atom. The molecule has 0 unspecified atom stereocenters. The van der Waals surface area contributed by atoms with Crippen molar-refractivity contribution in [1.82, 2.24) is 10.9 Å². The molecule has 2 N–H and O–H groups in total. The smallest absolute Gasteiger partial charge is 0.267 e. The van der Waals surface area contributed by atoms with Crippen LogP contribution < -0.4 is 10.9 Å². The maximum atomic E-state index is 12.1. The van der Waals surface area contributed by atoms with Crippen LogP contribution in [0.2, 0.25) is 0 Å². The van der Waals surface area contributed by atoms with E-state index in [2.05, 4.69) is 40.6 Å². The molecule has 23 heavy (non-hydrogen) atoms. The molecule has 4 nitrogen and oxygen atoms in total. The topological polar surface area (TPSA) is 58.2 Å². The van der Waals surface area contributed by atoms with E-state index in [1.54, 1.807) is 30.3 Å². The molecule has 0 aliphatic carbocycles. The first kappa shape index (κ1) is 17.2. The van der Waals surface area contributed by atoms with Crippen molar-refractivity contribution < 1.29 is 9.59 Å². The molecular weight excluding hydrogens is 356 g/mol. The first-order valence-corrected chi connectivity index (χ1v) is 8.21. The Labute approximate surface area is 144 Å². The first-order chi connectivity index (χ1) is 11.0. The fourth-order valence-corrected chi connectivity index (χ4v) is 2.63. The van der Waals surface area contributed by atoms with Crippen LogP contribution in [0.1, 0.15) is 40.1 Å². The summed E-state index contributed by atoms with van der Waals surface area (Å²) in [5, 5.41) is 0. The van der Waals surface area contributed by atoms with Gasteiger partial charge in [-0.05, 0) is 58.1 Å². The molecule has 0 fully saturated rings. The van der Waals surface area contributed by atoms with Crippen molar-refractivity contribution in [2.75, 3.05) is 0 Å². The minimum Gasteiger partial charge on any atom is -0.267 e. The van der Waals surface area contributed by atoms with Crippen molar-refractivity contribution >= 4 is 27.7 Å². The number of nitrogens with one attached hydrogen (secondary N) is 2. The highest BCUT2D eigenvalue weighted by Gasteiger charge is 2.11. The van der Waals surface area contributed by atoms with Gasteiger partial charge in [-0.3, -0.25) is 20.4 Å². The van der Waals surface area contributed by atoms with E-state index >= 15 is 0 Å². The molecule has 2 aromatic carbocycles. The van der Waals surface area contributed by atoms with Crippen molar-refractivity contribution in [1.29, 1.82) is 0 Å².